The second-order valence-electron chi connectivity index (χ2n) is 7.15. The molecule has 13 nitrogen and oxygen atoms in total. The number of carbonyl (C=O) groups excluding carboxylic acids is 3. The highest BCUT2D eigenvalue weighted by molar-refractivity contribution is 5.95. The Labute approximate surface area is 178 Å². The third kappa shape index (κ3) is 10.4. The van der Waals surface area contributed by atoms with Crippen LogP contribution in [-0.4, -0.2) is 75.1 Å². The van der Waals surface area contributed by atoms with Crippen molar-refractivity contribution in [1.29, 1.82) is 0 Å². The number of hydrogen-bond donors (Lipinski definition) is 7. The first-order chi connectivity index (χ1) is 14.3. The normalized spacial score (nSPS) is 15.5. The van der Waals surface area contributed by atoms with Gasteiger partial charge in [-0.3, -0.25) is 24.0 Å². The van der Waals surface area contributed by atoms with E-state index in [9.17, 15) is 33.9 Å². The fourth-order valence-electron chi connectivity index (χ4n) is 2.43. The summed E-state index contributed by atoms with van der Waals surface area (Å²) in [5.74, 6) is -7.26. The summed E-state index contributed by atoms with van der Waals surface area (Å²) in [7, 11) is 0. The number of hydrogen-bond acceptors (Lipinski definition) is 7. The molecule has 31 heavy (non-hydrogen) atoms. The van der Waals surface area contributed by atoms with Gasteiger partial charge < -0.3 is 37.0 Å². The van der Waals surface area contributed by atoms with Crippen molar-refractivity contribution in [3.8, 4) is 0 Å². The minimum atomic E-state index is -1.58. The van der Waals surface area contributed by atoms with Crippen LogP contribution in [0.1, 0.15) is 46.5 Å². The van der Waals surface area contributed by atoms with Crippen LogP contribution >= 0.6 is 0 Å². The smallest absolute Gasteiger partial charge is 0.326 e. The Morgan fingerprint density at radius 2 is 1.32 bits per heavy atom. The van der Waals surface area contributed by atoms with E-state index < -0.39 is 78.6 Å². The van der Waals surface area contributed by atoms with Crippen molar-refractivity contribution in [3.05, 3.63) is 0 Å². The van der Waals surface area contributed by atoms with Crippen LogP contribution in [0.4, 0.5) is 0 Å². The van der Waals surface area contributed by atoms with Crippen molar-refractivity contribution in [2.75, 3.05) is 0 Å². The van der Waals surface area contributed by atoms with Crippen LogP contribution in [0.15, 0.2) is 0 Å². The molecule has 3 amide bonds. The van der Waals surface area contributed by atoms with Gasteiger partial charge in [0.15, 0.2) is 0 Å². The molecule has 0 heterocycles. The number of aliphatic carboxylic acids is 3. The average molecular weight is 446 g/mol. The lowest BCUT2D eigenvalue weighted by atomic mass is 9.98. The molecule has 0 aromatic heterocycles. The van der Waals surface area contributed by atoms with E-state index in [1.807, 2.05) is 0 Å². The molecule has 0 fully saturated rings. The van der Waals surface area contributed by atoms with E-state index >= 15 is 0 Å². The fraction of sp³-hybridized carbons (Fsp3) is 0.667. The zero-order chi connectivity index (χ0) is 24.3. The van der Waals surface area contributed by atoms with Crippen LogP contribution in [0.3, 0.4) is 0 Å². The SMILES string of the molecule is CCC(C)C(NC(=O)C(CCC(=O)O)NC(=O)C(CC(=O)O)NC(=O)C(C)N)C(=O)O. The van der Waals surface area contributed by atoms with E-state index in [0.717, 1.165) is 0 Å². The Morgan fingerprint density at radius 3 is 1.74 bits per heavy atom. The van der Waals surface area contributed by atoms with E-state index in [4.69, 9.17) is 15.9 Å². The number of rotatable bonds is 14. The topological polar surface area (TPSA) is 225 Å². The molecule has 0 aromatic carbocycles. The largest absolute Gasteiger partial charge is 0.481 e. The zero-order valence-electron chi connectivity index (χ0n) is 17.6. The van der Waals surface area contributed by atoms with E-state index in [-0.39, 0.29) is 6.42 Å². The minimum Gasteiger partial charge on any atom is -0.481 e. The maximum atomic E-state index is 12.6. The maximum absolute atomic E-state index is 12.6. The Bertz CT molecular complexity index is 696. The predicted molar refractivity (Wildman–Crippen MR) is 106 cm³/mol. The molecule has 13 heteroatoms. The summed E-state index contributed by atoms with van der Waals surface area (Å²) in [5, 5.41) is 33.8. The second-order valence-corrected chi connectivity index (χ2v) is 7.15. The molecule has 0 radical (unpaired) electrons. The van der Waals surface area contributed by atoms with E-state index in [2.05, 4.69) is 16.0 Å². The van der Waals surface area contributed by atoms with Crippen molar-refractivity contribution in [1.82, 2.24) is 16.0 Å². The summed E-state index contributed by atoms with van der Waals surface area (Å²) in [6.07, 6.45) is -1.31. The van der Waals surface area contributed by atoms with Crippen LogP contribution in [0.2, 0.25) is 0 Å². The summed E-state index contributed by atoms with van der Waals surface area (Å²) in [6.45, 7) is 4.62. The second kappa shape index (κ2) is 13.2. The van der Waals surface area contributed by atoms with Crippen LogP contribution in [0, 0.1) is 5.92 Å². The van der Waals surface area contributed by atoms with Gasteiger partial charge in [0.25, 0.3) is 0 Å². The molecule has 0 aromatic rings. The highest BCUT2D eigenvalue weighted by Gasteiger charge is 2.32. The lowest BCUT2D eigenvalue weighted by molar-refractivity contribution is -0.144. The first kappa shape index (κ1) is 27.8. The van der Waals surface area contributed by atoms with Crippen molar-refractivity contribution < 1.29 is 44.1 Å². The summed E-state index contributed by atoms with van der Waals surface area (Å²) in [4.78, 5) is 70.3. The molecule has 5 unspecified atom stereocenters. The Kier molecular flexibility index (Phi) is 11.8. The highest BCUT2D eigenvalue weighted by atomic mass is 16.4. The first-order valence-corrected chi connectivity index (χ1v) is 9.63. The van der Waals surface area contributed by atoms with Crippen molar-refractivity contribution >= 4 is 35.6 Å². The Morgan fingerprint density at radius 1 is 0.806 bits per heavy atom. The summed E-state index contributed by atoms with van der Waals surface area (Å²) < 4.78 is 0. The number of nitrogens with one attached hydrogen (secondary N) is 3. The Hall–Kier alpha value is -3.22. The number of carbonyl (C=O) groups is 6. The third-order valence-corrected chi connectivity index (χ3v) is 4.48. The lowest BCUT2D eigenvalue weighted by Crippen LogP contribution is -2.58. The van der Waals surface area contributed by atoms with Gasteiger partial charge in [-0.05, 0) is 19.3 Å². The highest BCUT2D eigenvalue weighted by Crippen LogP contribution is 2.09. The van der Waals surface area contributed by atoms with Gasteiger partial charge in [-0.1, -0.05) is 20.3 Å². The molecule has 0 bridgehead atoms. The lowest BCUT2D eigenvalue weighted by Gasteiger charge is -2.25. The summed E-state index contributed by atoms with van der Waals surface area (Å²) >= 11 is 0. The predicted octanol–water partition coefficient (Wildman–Crippen LogP) is -1.74. The van der Waals surface area contributed by atoms with Gasteiger partial charge in [0.1, 0.15) is 18.1 Å². The molecule has 176 valence electrons. The van der Waals surface area contributed by atoms with Crippen LogP contribution in [-0.2, 0) is 28.8 Å². The third-order valence-electron chi connectivity index (χ3n) is 4.48. The minimum absolute atomic E-state index is 0.388. The van der Waals surface area contributed by atoms with Crippen molar-refractivity contribution in [3.63, 3.8) is 0 Å². The molecule has 0 aliphatic rings. The van der Waals surface area contributed by atoms with Gasteiger partial charge >= 0.3 is 17.9 Å². The molecule has 0 rings (SSSR count). The Balaban J connectivity index is 5.57. The number of carboxylic acids is 3. The molecule has 0 aliphatic carbocycles. The summed E-state index contributed by atoms with van der Waals surface area (Å²) in [6, 6.07) is -5.38. The molecule has 8 N–H and O–H groups in total. The number of carboxylic acid groups (broad SMARTS) is 3. The molecule has 0 aliphatic heterocycles. The van der Waals surface area contributed by atoms with Gasteiger partial charge in [0, 0.05) is 6.42 Å². The standard InChI is InChI=1S/C18H30N4O9/c1-4-8(2)14(18(30)31)22-16(28)10(5-6-12(23)24)20-17(29)11(7-13(25)26)21-15(27)9(3)19/h8-11,14H,4-7,19H2,1-3H3,(H,20,29)(H,21,27)(H,22,28)(H,23,24)(H,25,26)(H,30,31). The quantitative estimate of drug-likeness (QED) is 0.159. The number of amides is 3. The van der Waals surface area contributed by atoms with Gasteiger partial charge in [-0.2, -0.15) is 0 Å². The van der Waals surface area contributed by atoms with Gasteiger partial charge in [0.2, 0.25) is 17.7 Å². The van der Waals surface area contributed by atoms with E-state index in [1.165, 1.54) is 6.92 Å². The van der Waals surface area contributed by atoms with Gasteiger partial charge in [-0.15, -0.1) is 0 Å². The maximum Gasteiger partial charge on any atom is 0.326 e. The monoisotopic (exact) mass is 446 g/mol. The summed E-state index contributed by atoms with van der Waals surface area (Å²) in [5.41, 5.74) is 5.39. The molecule has 0 saturated carbocycles. The zero-order valence-corrected chi connectivity index (χ0v) is 17.6. The van der Waals surface area contributed by atoms with Gasteiger partial charge in [-0.25, -0.2) is 4.79 Å². The van der Waals surface area contributed by atoms with Crippen LogP contribution in [0.5, 0.6) is 0 Å². The molecular formula is C18H30N4O9. The van der Waals surface area contributed by atoms with E-state index in [1.54, 1.807) is 13.8 Å². The average Bonchev–Trinajstić information content (AvgIpc) is 2.66. The van der Waals surface area contributed by atoms with Gasteiger partial charge in [0.05, 0.1) is 12.5 Å². The molecule has 0 spiro atoms. The number of nitrogens with two attached hydrogens (primary N) is 1. The van der Waals surface area contributed by atoms with Crippen molar-refractivity contribution in [2.45, 2.75) is 70.6 Å². The van der Waals surface area contributed by atoms with Crippen LogP contribution in [0.25, 0.3) is 0 Å². The van der Waals surface area contributed by atoms with Crippen LogP contribution < -0.4 is 21.7 Å². The molecular weight excluding hydrogens is 416 g/mol. The van der Waals surface area contributed by atoms with Crippen molar-refractivity contribution in [2.24, 2.45) is 11.7 Å². The molecule has 0 saturated heterocycles. The molecule has 5 atom stereocenters. The van der Waals surface area contributed by atoms with E-state index in [0.29, 0.717) is 6.42 Å². The first-order valence-electron chi connectivity index (χ1n) is 9.63. The fourth-order valence-corrected chi connectivity index (χ4v) is 2.43.